The molecule has 0 saturated carbocycles. The number of carbonyl (C=O) groups is 1. The average Bonchev–Trinajstić information content (AvgIpc) is 2.89. The van der Waals surface area contributed by atoms with Crippen LogP contribution < -0.4 is 10.6 Å². The maximum atomic E-state index is 11.7. The van der Waals surface area contributed by atoms with Gasteiger partial charge in [-0.1, -0.05) is 0 Å². The van der Waals surface area contributed by atoms with Crippen LogP contribution in [-0.4, -0.2) is 62.8 Å². The zero-order valence-electron chi connectivity index (χ0n) is 11.1. The van der Waals surface area contributed by atoms with Crippen molar-refractivity contribution in [2.24, 2.45) is 0 Å². The summed E-state index contributed by atoms with van der Waals surface area (Å²) < 4.78 is 5.26. The van der Waals surface area contributed by atoms with E-state index in [9.17, 15) is 4.79 Å². The molecule has 5 heteroatoms. The van der Waals surface area contributed by atoms with Crippen LogP contribution in [0, 0.1) is 0 Å². The van der Waals surface area contributed by atoms with E-state index >= 15 is 0 Å². The van der Waals surface area contributed by atoms with Gasteiger partial charge in [-0.2, -0.15) is 0 Å². The van der Waals surface area contributed by atoms with E-state index in [1.807, 2.05) is 0 Å². The minimum atomic E-state index is 0.114. The van der Waals surface area contributed by atoms with Crippen LogP contribution in [0.4, 0.5) is 0 Å². The van der Waals surface area contributed by atoms with Crippen LogP contribution in [0.15, 0.2) is 0 Å². The van der Waals surface area contributed by atoms with Crippen LogP contribution in [-0.2, 0) is 9.53 Å². The minimum absolute atomic E-state index is 0.114. The fourth-order valence-corrected chi connectivity index (χ4v) is 2.57. The Morgan fingerprint density at radius 3 is 2.67 bits per heavy atom. The van der Waals surface area contributed by atoms with Crippen LogP contribution in [0.25, 0.3) is 0 Å². The Morgan fingerprint density at radius 1 is 1.22 bits per heavy atom. The first-order valence-electron chi connectivity index (χ1n) is 7.15. The summed E-state index contributed by atoms with van der Waals surface area (Å²) in [6.07, 6.45) is 4.54. The highest BCUT2D eigenvalue weighted by molar-refractivity contribution is 5.78. The van der Waals surface area contributed by atoms with E-state index in [0.717, 1.165) is 39.1 Å². The molecular weight excluding hydrogens is 230 g/mol. The zero-order chi connectivity index (χ0) is 12.6. The molecule has 0 aromatic rings. The van der Waals surface area contributed by atoms with Crippen molar-refractivity contribution in [3.63, 3.8) is 0 Å². The van der Waals surface area contributed by atoms with E-state index in [2.05, 4.69) is 15.5 Å². The molecule has 0 aliphatic carbocycles. The third-order valence-electron chi connectivity index (χ3n) is 3.68. The number of hydrogen-bond acceptors (Lipinski definition) is 4. The molecule has 2 heterocycles. The summed E-state index contributed by atoms with van der Waals surface area (Å²) in [6.45, 7) is 6.38. The van der Waals surface area contributed by atoms with Crippen molar-refractivity contribution in [1.82, 2.24) is 15.5 Å². The van der Waals surface area contributed by atoms with E-state index in [1.54, 1.807) is 0 Å². The molecule has 2 rings (SSSR count). The molecule has 2 aliphatic rings. The molecule has 2 aliphatic heterocycles. The highest BCUT2D eigenvalue weighted by Crippen LogP contribution is 2.06. The lowest BCUT2D eigenvalue weighted by Gasteiger charge is -2.23. The quantitative estimate of drug-likeness (QED) is 0.654. The molecule has 2 N–H and O–H groups in total. The molecule has 2 saturated heterocycles. The summed E-state index contributed by atoms with van der Waals surface area (Å²) in [5, 5.41) is 6.27. The third-order valence-corrected chi connectivity index (χ3v) is 3.68. The van der Waals surface area contributed by atoms with Crippen LogP contribution in [0.5, 0.6) is 0 Å². The van der Waals surface area contributed by atoms with Crippen LogP contribution >= 0.6 is 0 Å². The van der Waals surface area contributed by atoms with Crippen molar-refractivity contribution < 1.29 is 9.53 Å². The van der Waals surface area contributed by atoms with E-state index in [1.165, 1.54) is 25.9 Å². The van der Waals surface area contributed by atoms with Crippen molar-refractivity contribution in [1.29, 1.82) is 0 Å². The number of hydrogen-bond donors (Lipinski definition) is 2. The third kappa shape index (κ3) is 4.92. The van der Waals surface area contributed by atoms with Crippen LogP contribution in [0.2, 0.25) is 0 Å². The molecule has 0 spiro atoms. The molecule has 18 heavy (non-hydrogen) atoms. The van der Waals surface area contributed by atoms with Gasteiger partial charge < -0.3 is 20.3 Å². The van der Waals surface area contributed by atoms with Gasteiger partial charge in [0.2, 0.25) is 5.91 Å². The number of nitrogens with one attached hydrogen (secondary N) is 2. The lowest BCUT2D eigenvalue weighted by Crippen LogP contribution is -2.44. The highest BCUT2D eigenvalue weighted by atomic mass is 16.5. The molecule has 0 unspecified atom stereocenters. The summed E-state index contributed by atoms with van der Waals surface area (Å²) in [5.41, 5.74) is 0. The molecular formula is C13H25N3O2. The van der Waals surface area contributed by atoms with Crippen molar-refractivity contribution >= 4 is 5.91 Å². The largest absolute Gasteiger partial charge is 0.381 e. The normalized spacial score (nSPS) is 22.2. The number of likely N-dealkylation sites (tertiary alicyclic amines) is 1. The van der Waals surface area contributed by atoms with Gasteiger partial charge in [-0.3, -0.25) is 4.79 Å². The van der Waals surface area contributed by atoms with E-state index in [0.29, 0.717) is 12.6 Å². The highest BCUT2D eigenvalue weighted by Gasteiger charge is 2.15. The van der Waals surface area contributed by atoms with Gasteiger partial charge >= 0.3 is 0 Å². The number of ether oxygens (including phenoxy) is 1. The van der Waals surface area contributed by atoms with Gasteiger partial charge in [0.25, 0.3) is 0 Å². The molecule has 0 atom stereocenters. The summed E-state index contributed by atoms with van der Waals surface area (Å²) in [4.78, 5) is 14.1. The second kappa shape index (κ2) is 7.71. The van der Waals surface area contributed by atoms with Crippen molar-refractivity contribution in [2.45, 2.75) is 31.7 Å². The Labute approximate surface area is 109 Å². The van der Waals surface area contributed by atoms with Crippen LogP contribution in [0.3, 0.4) is 0 Å². The van der Waals surface area contributed by atoms with Gasteiger partial charge in [0, 0.05) is 32.3 Å². The Balaban J connectivity index is 1.48. The first kappa shape index (κ1) is 13.8. The number of nitrogens with zero attached hydrogens (tertiary/aromatic N) is 1. The SMILES string of the molecule is O=C(CNCCN1CCCC1)NC1CCOCC1. The second-order valence-electron chi connectivity index (χ2n) is 5.18. The predicted octanol–water partition coefficient (Wildman–Crippen LogP) is -0.0330. The van der Waals surface area contributed by atoms with Crippen molar-refractivity contribution in [2.75, 3.05) is 45.9 Å². The molecule has 0 aromatic heterocycles. The Hall–Kier alpha value is -0.650. The Kier molecular flexibility index (Phi) is 5.90. The lowest BCUT2D eigenvalue weighted by atomic mass is 10.1. The average molecular weight is 255 g/mol. The summed E-state index contributed by atoms with van der Waals surface area (Å²) in [7, 11) is 0. The standard InChI is InChI=1S/C13H25N3O2/c17-13(15-12-3-9-18-10-4-12)11-14-5-8-16-6-1-2-7-16/h12,14H,1-11H2,(H,15,17). The maximum absolute atomic E-state index is 11.7. The number of rotatable bonds is 6. The lowest BCUT2D eigenvalue weighted by molar-refractivity contribution is -0.121. The second-order valence-corrected chi connectivity index (χ2v) is 5.18. The number of carbonyl (C=O) groups excluding carboxylic acids is 1. The Bertz CT molecular complexity index is 249. The van der Waals surface area contributed by atoms with Gasteiger partial charge in [-0.15, -0.1) is 0 Å². The zero-order valence-corrected chi connectivity index (χ0v) is 11.1. The van der Waals surface area contributed by atoms with Crippen LogP contribution in [0.1, 0.15) is 25.7 Å². The van der Waals surface area contributed by atoms with Gasteiger partial charge in [-0.25, -0.2) is 0 Å². The van der Waals surface area contributed by atoms with E-state index in [4.69, 9.17) is 4.74 Å². The maximum Gasteiger partial charge on any atom is 0.234 e. The monoisotopic (exact) mass is 255 g/mol. The Morgan fingerprint density at radius 2 is 1.94 bits per heavy atom. The molecule has 104 valence electrons. The summed E-state index contributed by atoms with van der Waals surface area (Å²) in [5.74, 6) is 0.114. The molecule has 2 fully saturated rings. The summed E-state index contributed by atoms with van der Waals surface area (Å²) in [6, 6.07) is 0.312. The smallest absolute Gasteiger partial charge is 0.234 e. The molecule has 5 nitrogen and oxygen atoms in total. The van der Waals surface area contributed by atoms with Gasteiger partial charge in [-0.05, 0) is 38.8 Å². The number of amides is 1. The first-order chi connectivity index (χ1) is 8.84. The minimum Gasteiger partial charge on any atom is -0.381 e. The van der Waals surface area contributed by atoms with E-state index in [-0.39, 0.29) is 5.91 Å². The fourth-order valence-electron chi connectivity index (χ4n) is 2.57. The predicted molar refractivity (Wildman–Crippen MR) is 70.5 cm³/mol. The van der Waals surface area contributed by atoms with Crippen molar-refractivity contribution in [3.8, 4) is 0 Å². The molecule has 0 radical (unpaired) electrons. The molecule has 0 aromatic carbocycles. The first-order valence-corrected chi connectivity index (χ1v) is 7.15. The van der Waals surface area contributed by atoms with Gasteiger partial charge in [0.1, 0.15) is 0 Å². The van der Waals surface area contributed by atoms with Gasteiger partial charge in [0.05, 0.1) is 6.54 Å². The fraction of sp³-hybridized carbons (Fsp3) is 0.923. The summed E-state index contributed by atoms with van der Waals surface area (Å²) >= 11 is 0. The van der Waals surface area contributed by atoms with Gasteiger partial charge in [0.15, 0.2) is 0 Å². The van der Waals surface area contributed by atoms with E-state index < -0.39 is 0 Å². The molecule has 0 bridgehead atoms. The molecule has 1 amide bonds. The topological polar surface area (TPSA) is 53.6 Å². The van der Waals surface area contributed by atoms with Crippen molar-refractivity contribution in [3.05, 3.63) is 0 Å².